The monoisotopic (exact) mass is 439 g/mol. The predicted molar refractivity (Wildman–Crippen MR) is 115 cm³/mol. The molecule has 0 fully saturated rings. The van der Waals surface area contributed by atoms with Crippen molar-refractivity contribution in [2.45, 2.75) is 16.2 Å². The molecular formula is C22H18ClN3O3S. The van der Waals surface area contributed by atoms with E-state index in [1.54, 1.807) is 48.8 Å². The summed E-state index contributed by atoms with van der Waals surface area (Å²) in [5.41, 5.74) is 1.53. The van der Waals surface area contributed by atoms with Crippen LogP contribution in [0.3, 0.4) is 0 Å². The molecule has 0 atom stereocenters. The molecule has 6 nitrogen and oxygen atoms in total. The third kappa shape index (κ3) is 3.94. The Bertz CT molecular complexity index is 1300. The van der Waals surface area contributed by atoms with Crippen LogP contribution in [-0.2, 0) is 16.3 Å². The van der Waals surface area contributed by atoms with Gasteiger partial charge in [-0.05, 0) is 54.4 Å². The molecule has 1 amide bonds. The summed E-state index contributed by atoms with van der Waals surface area (Å²) in [7, 11) is -3.95. The molecule has 152 valence electrons. The maximum absolute atomic E-state index is 13.4. The Labute approximate surface area is 178 Å². The number of nitrogens with one attached hydrogen (secondary N) is 2. The Morgan fingerprint density at radius 2 is 1.77 bits per heavy atom. The first kappa shape index (κ1) is 20.1. The zero-order chi connectivity index (χ0) is 21.1. The van der Waals surface area contributed by atoms with Crippen LogP contribution in [0.25, 0.3) is 10.9 Å². The van der Waals surface area contributed by atoms with Crippen molar-refractivity contribution in [2.75, 3.05) is 6.54 Å². The van der Waals surface area contributed by atoms with E-state index in [9.17, 15) is 13.2 Å². The Morgan fingerprint density at radius 3 is 2.50 bits per heavy atom. The molecule has 0 aliphatic heterocycles. The lowest BCUT2D eigenvalue weighted by atomic mass is 10.2. The van der Waals surface area contributed by atoms with Crippen LogP contribution >= 0.6 is 11.6 Å². The molecule has 0 saturated heterocycles. The maximum atomic E-state index is 13.4. The van der Waals surface area contributed by atoms with Gasteiger partial charge in [-0.1, -0.05) is 29.8 Å². The van der Waals surface area contributed by atoms with E-state index in [2.05, 4.69) is 15.3 Å². The van der Waals surface area contributed by atoms with E-state index in [1.807, 2.05) is 12.1 Å². The third-order valence-corrected chi connectivity index (χ3v) is 6.80. The lowest BCUT2D eigenvalue weighted by Crippen LogP contribution is -2.27. The molecule has 0 radical (unpaired) electrons. The number of sulfone groups is 1. The van der Waals surface area contributed by atoms with E-state index in [1.165, 1.54) is 12.1 Å². The highest BCUT2D eigenvalue weighted by Crippen LogP contribution is 2.33. The SMILES string of the molecule is O=C(NCCc1ccncc1)c1[nH]c2ccc(Cl)cc2c1S(=O)(=O)c1ccccc1. The summed E-state index contributed by atoms with van der Waals surface area (Å²) in [4.78, 5) is 19.9. The zero-order valence-electron chi connectivity index (χ0n) is 15.8. The Kier molecular flexibility index (Phi) is 5.57. The topological polar surface area (TPSA) is 91.9 Å². The number of aromatic nitrogens is 2. The lowest BCUT2D eigenvalue weighted by molar-refractivity contribution is 0.0946. The first-order valence-corrected chi connectivity index (χ1v) is 11.1. The van der Waals surface area contributed by atoms with Crippen LogP contribution in [-0.4, -0.2) is 30.8 Å². The zero-order valence-corrected chi connectivity index (χ0v) is 17.4. The lowest BCUT2D eigenvalue weighted by Gasteiger charge is -2.08. The largest absolute Gasteiger partial charge is 0.350 e. The van der Waals surface area contributed by atoms with Gasteiger partial charge in [0, 0.05) is 34.9 Å². The molecule has 0 aliphatic rings. The van der Waals surface area contributed by atoms with Crippen molar-refractivity contribution >= 4 is 38.2 Å². The highest BCUT2D eigenvalue weighted by Gasteiger charge is 2.29. The number of carbonyl (C=O) groups is 1. The first-order valence-electron chi connectivity index (χ1n) is 9.25. The van der Waals surface area contributed by atoms with Gasteiger partial charge in [0.05, 0.1) is 4.90 Å². The van der Waals surface area contributed by atoms with Crippen molar-refractivity contribution < 1.29 is 13.2 Å². The van der Waals surface area contributed by atoms with Gasteiger partial charge < -0.3 is 10.3 Å². The summed E-state index contributed by atoms with van der Waals surface area (Å²) in [6.45, 7) is 0.351. The van der Waals surface area contributed by atoms with Crippen LogP contribution in [0.5, 0.6) is 0 Å². The van der Waals surface area contributed by atoms with E-state index in [4.69, 9.17) is 11.6 Å². The summed E-state index contributed by atoms with van der Waals surface area (Å²) < 4.78 is 26.8. The summed E-state index contributed by atoms with van der Waals surface area (Å²) >= 11 is 6.11. The van der Waals surface area contributed by atoms with Gasteiger partial charge in [0.2, 0.25) is 9.84 Å². The molecule has 2 aromatic carbocycles. The predicted octanol–water partition coefficient (Wildman–Crippen LogP) is 4.02. The van der Waals surface area contributed by atoms with Crippen LogP contribution in [0.4, 0.5) is 0 Å². The van der Waals surface area contributed by atoms with Gasteiger partial charge in [-0.25, -0.2) is 8.42 Å². The summed E-state index contributed by atoms with van der Waals surface area (Å²) in [6, 6.07) is 16.6. The molecule has 2 N–H and O–H groups in total. The average Bonchev–Trinajstić information content (AvgIpc) is 3.14. The molecule has 0 spiro atoms. The molecule has 2 aromatic heterocycles. The van der Waals surface area contributed by atoms with Crippen LogP contribution in [0.1, 0.15) is 16.1 Å². The molecular weight excluding hydrogens is 422 g/mol. The van der Waals surface area contributed by atoms with E-state index in [0.29, 0.717) is 28.9 Å². The minimum Gasteiger partial charge on any atom is -0.350 e. The van der Waals surface area contributed by atoms with Gasteiger partial charge in [0.15, 0.2) is 0 Å². The van der Waals surface area contributed by atoms with Gasteiger partial charge in [-0.3, -0.25) is 9.78 Å². The van der Waals surface area contributed by atoms with Crippen LogP contribution < -0.4 is 5.32 Å². The van der Waals surface area contributed by atoms with Crippen LogP contribution in [0, 0.1) is 0 Å². The maximum Gasteiger partial charge on any atom is 0.269 e. The van der Waals surface area contributed by atoms with Crippen molar-refractivity contribution in [1.29, 1.82) is 0 Å². The van der Waals surface area contributed by atoms with E-state index in [-0.39, 0.29) is 15.5 Å². The fraction of sp³-hybridized carbons (Fsp3) is 0.0909. The number of benzene rings is 2. The number of pyridine rings is 1. The van der Waals surface area contributed by atoms with Crippen LogP contribution in [0.2, 0.25) is 5.02 Å². The molecule has 4 rings (SSSR count). The number of rotatable bonds is 6. The number of nitrogens with zero attached hydrogens (tertiary/aromatic N) is 1. The molecule has 4 aromatic rings. The smallest absolute Gasteiger partial charge is 0.269 e. The molecule has 0 saturated carbocycles. The van der Waals surface area contributed by atoms with Gasteiger partial charge >= 0.3 is 0 Å². The number of halogens is 1. The minimum absolute atomic E-state index is 0.00847. The Hall–Kier alpha value is -3.16. The first-order chi connectivity index (χ1) is 14.5. The fourth-order valence-corrected chi connectivity index (χ4v) is 5.05. The van der Waals surface area contributed by atoms with Gasteiger partial charge in [-0.2, -0.15) is 0 Å². The minimum atomic E-state index is -3.95. The van der Waals surface area contributed by atoms with Crippen molar-refractivity contribution in [3.8, 4) is 0 Å². The molecule has 0 aliphatic carbocycles. The number of amides is 1. The van der Waals surface area contributed by atoms with Crippen molar-refractivity contribution in [2.24, 2.45) is 0 Å². The standard InChI is InChI=1S/C22H18ClN3O3S/c23-16-6-7-19-18(14-16)21(30(28,29)17-4-2-1-3-5-17)20(26-19)22(27)25-13-10-15-8-11-24-12-9-15/h1-9,11-12,14,26H,10,13H2,(H,25,27). The molecule has 0 unspecified atom stereocenters. The molecule has 0 bridgehead atoms. The Morgan fingerprint density at radius 1 is 1.03 bits per heavy atom. The second kappa shape index (κ2) is 8.30. The summed E-state index contributed by atoms with van der Waals surface area (Å²) in [5.74, 6) is -0.495. The summed E-state index contributed by atoms with van der Waals surface area (Å²) in [6.07, 6.45) is 3.97. The number of hydrogen-bond donors (Lipinski definition) is 2. The number of hydrogen-bond acceptors (Lipinski definition) is 4. The Balaban J connectivity index is 1.72. The molecule has 30 heavy (non-hydrogen) atoms. The van der Waals surface area contributed by atoms with Crippen molar-refractivity contribution in [3.63, 3.8) is 0 Å². The highest BCUT2D eigenvalue weighted by molar-refractivity contribution is 7.91. The van der Waals surface area contributed by atoms with E-state index >= 15 is 0 Å². The summed E-state index contributed by atoms with van der Waals surface area (Å²) in [5, 5.41) is 3.56. The van der Waals surface area contributed by atoms with E-state index < -0.39 is 15.7 Å². The highest BCUT2D eigenvalue weighted by atomic mass is 35.5. The van der Waals surface area contributed by atoms with Gasteiger partial charge in [-0.15, -0.1) is 0 Å². The number of aromatic amines is 1. The van der Waals surface area contributed by atoms with E-state index in [0.717, 1.165) is 5.56 Å². The number of carbonyl (C=O) groups excluding carboxylic acids is 1. The third-order valence-electron chi connectivity index (χ3n) is 4.71. The normalized spacial score (nSPS) is 11.5. The quantitative estimate of drug-likeness (QED) is 0.474. The van der Waals surface area contributed by atoms with Crippen LogP contribution in [0.15, 0.2) is 82.8 Å². The second-order valence-electron chi connectivity index (χ2n) is 6.70. The van der Waals surface area contributed by atoms with Crippen molar-refractivity contribution in [1.82, 2.24) is 15.3 Å². The van der Waals surface area contributed by atoms with Crippen molar-refractivity contribution in [3.05, 3.63) is 89.3 Å². The van der Waals surface area contributed by atoms with Gasteiger partial charge in [0.25, 0.3) is 5.91 Å². The van der Waals surface area contributed by atoms with Gasteiger partial charge in [0.1, 0.15) is 10.6 Å². The molecule has 2 heterocycles. The average molecular weight is 440 g/mol. The number of H-pyrrole nitrogens is 1. The fourth-order valence-electron chi connectivity index (χ4n) is 3.25. The number of fused-ring (bicyclic) bond motifs is 1. The second-order valence-corrected chi connectivity index (χ2v) is 9.02. The molecule has 8 heteroatoms.